The minimum atomic E-state index is -7.80. The van der Waals surface area contributed by atoms with Crippen LogP contribution in [0.1, 0.15) is 0 Å². The molecule has 0 fully saturated rings. The van der Waals surface area contributed by atoms with Gasteiger partial charge in [-0.15, -0.1) is 33.2 Å². The van der Waals surface area contributed by atoms with Crippen molar-refractivity contribution in [2.24, 2.45) is 0 Å². The van der Waals surface area contributed by atoms with Crippen LogP contribution in [0.2, 0.25) is 6.04 Å². The van der Waals surface area contributed by atoms with Gasteiger partial charge in [-0.3, -0.25) is 0 Å². The second-order valence-electron chi connectivity index (χ2n) is 4.56. The molecule has 0 radical (unpaired) electrons. The van der Waals surface area contributed by atoms with Crippen molar-refractivity contribution >= 4 is 39.2 Å². The van der Waals surface area contributed by atoms with Gasteiger partial charge in [0.2, 0.25) is 0 Å². The molecule has 0 aliphatic heterocycles. The number of hydrogen-bond donors (Lipinski definition) is 0. The minimum Gasteiger partial charge on any atom is -0.241 e. The van der Waals surface area contributed by atoms with E-state index in [9.17, 15) is 57.1 Å². The van der Waals surface area contributed by atoms with E-state index in [4.69, 9.17) is 33.2 Å². The molecule has 152 valence electrons. The third-order valence-electron chi connectivity index (χ3n) is 2.70. The fourth-order valence-electron chi connectivity index (χ4n) is 1.28. The molecule has 0 saturated heterocycles. The summed E-state index contributed by atoms with van der Waals surface area (Å²) in [6.45, 7) is 0. The largest absolute Gasteiger partial charge is 0.384 e. The molecule has 0 amide bonds. The quantitative estimate of drug-likeness (QED) is 0.213. The third kappa shape index (κ3) is 4.20. The number of halogens is 16. The van der Waals surface area contributed by atoms with Crippen molar-refractivity contribution in [3.05, 3.63) is 0 Å². The first kappa shape index (κ1) is 25.2. The molecular weight excluding hydrogens is 478 g/mol. The van der Waals surface area contributed by atoms with Gasteiger partial charge >= 0.3 is 42.0 Å². The highest BCUT2D eigenvalue weighted by atomic mass is 35.8. The smallest absolute Gasteiger partial charge is 0.241 e. The lowest BCUT2D eigenvalue weighted by Crippen LogP contribution is -2.70. The van der Waals surface area contributed by atoms with Crippen molar-refractivity contribution in [2.75, 3.05) is 0 Å². The molecule has 1 unspecified atom stereocenters. The molecule has 0 rings (SSSR count). The van der Waals surface area contributed by atoms with Crippen LogP contribution in [0.25, 0.3) is 0 Å². The molecule has 0 nitrogen and oxygen atoms in total. The van der Waals surface area contributed by atoms with Crippen molar-refractivity contribution in [2.45, 2.75) is 48.3 Å². The Balaban J connectivity index is 6.11. The van der Waals surface area contributed by atoms with Gasteiger partial charge in [-0.05, 0) is 0 Å². The standard InChI is InChI=1S/C8H4Cl3F13Si/c9-25(10,11)1-2(12)4(15,16)6(19,20)8(23,24)7(21,22)5(17,18)3(13)14/h2-3H,1H2. The predicted octanol–water partition coefficient (Wildman–Crippen LogP) is 6.42. The van der Waals surface area contributed by atoms with E-state index < -0.39 is 54.3 Å². The Morgan fingerprint density at radius 2 is 0.920 bits per heavy atom. The first-order valence-electron chi connectivity index (χ1n) is 5.45. The molecule has 25 heavy (non-hydrogen) atoms. The molecule has 0 bridgehead atoms. The fraction of sp³-hybridized carbons (Fsp3) is 1.00. The topological polar surface area (TPSA) is 0 Å². The first-order valence-corrected chi connectivity index (χ1v) is 10.7. The van der Waals surface area contributed by atoms with Gasteiger partial charge in [0, 0.05) is 6.04 Å². The highest BCUT2D eigenvalue weighted by Crippen LogP contribution is 2.59. The molecule has 0 N–H and O–H groups in total. The monoisotopic (exact) mass is 480 g/mol. The van der Waals surface area contributed by atoms with Crippen molar-refractivity contribution in [1.82, 2.24) is 0 Å². The summed E-state index contributed by atoms with van der Waals surface area (Å²) < 4.78 is 166. The lowest BCUT2D eigenvalue weighted by atomic mass is 9.92. The molecule has 0 aromatic heterocycles. The minimum absolute atomic E-state index is 2.10. The van der Waals surface area contributed by atoms with Gasteiger partial charge in [-0.25, -0.2) is 13.2 Å². The summed E-state index contributed by atoms with van der Waals surface area (Å²) in [7, 11) is 0. The predicted molar refractivity (Wildman–Crippen MR) is 63.8 cm³/mol. The van der Waals surface area contributed by atoms with Crippen LogP contribution in [-0.2, 0) is 0 Å². The Kier molecular flexibility index (Phi) is 7.02. The van der Waals surface area contributed by atoms with Crippen LogP contribution in [0.3, 0.4) is 0 Å². The average Bonchev–Trinajstić information content (AvgIpc) is 2.35. The molecule has 0 heterocycles. The summed E-state index contributed by atoms with van der Waals surface area (Å²) in [4.78, 5) is 0. The van der Waals surface area contributed by atoms with Crippen molar-refractivity contribution in [1.29, 1.82) is 0 Å². The Morgan fingerprint density at radius 1 is 0.600 bits per heavy atom. The SMILES string of the molecule is FC(F)C(F)(F)C(F)(F)C(F)(F)C(F)(F)C(F)(F)C(F)C[Si](Cl)(Cl)Cl. The van der Waals surface area contributed by atoms with Crippen LogP contribution in [0.4, 0.5) is 57.1 Å². The molecule has 0 saturated carbocycles. The van der Waals surface area contributed by atoms with E-state index in [-0.39, 0.29) is 0 Å². The zero-order valence-corrected chi connectivity index (χ0v) is 14.2. The zero-order chi connectivity index (χ0) is 20.9. The van der Waals surface area contributed by atoms with Crippen molar-refractivity contribution in [3.8, 4) is 0 Å². The van der Waals surface area contributed by atoms with Crippen LogP contribution < -0.4 is 0 Å². The second-order valence-corrected chi connectivity index (χ2v) is 13.7. The number of alkyl halides is 13. The van der Waals surface area contributed by atoms with Gasteiger partial charge in [0.1, 0.15) is 0 Å². The van der Waals surface area contributed by atoms with E-state index in [1.54, 1.807) is 0 Å². The lowest BCUT2D eigenvalue weighted by Gasteiger charge is -2.40. The number of rotatable bonds is 8. The Labute approximate surface area is 145 Å². The van der Waals surface area contributed by atoms with E-state index in [2.05, 4.69) is 0 Å². The second kappa shape index (κ2) is 6.97. The van der Waals surface area contributed by atoms with Gasteiger partial charge < -0.3 is 0 Å². The fourth-order valence-corrected chi connectivity index (χ4v) is 3.16. The van der Waals surface area contributed by atoms with E-state index in [0.717, 1.165) is 0 Å². The molecule has 0 aliphatic carbocycles. The molecule has 1 atom stereocenters. The van der Waals surface area contributed by atoms with E-state index in [1.165, 1.54) is 0 Å². The molecule has 0 aromatic rings. The summed E-state index contributed by atoms with van der Waals surface area (Å²) in [5.41, 5.74) is 0. The first-order chi connectivity index (χ1) is 10.6. The maximum Gasteiger partial charge on any atom is 0.384 e. The molecule has 17 heteroatoms. The van der Waals surface area contributed by atoms with Gasteiger partial charge in [0.15, 0.2) is 6.17 Å². The maximum absolute atomic E-state index is 13.2. The normalized spacial score (nSPS) is 17.2. The van der Waals surface area contributed by atoms with E-state index in [1.807, 2.05) is 0 Å². The highest BCUT2D eigenvalue weighted by Gasteiger charge is 2.88. The number of hydrogen-bond acceptors (Lipinski definition) is 0. The van der Waals surface area contributed by atoms with Crippen LogP contribution in [0, 0.1) is 0 Å². The summed E-state index contributed by atoms with van der Waals surface area (Å²) in [6, 6.07) is -6.64. The lowest BCUT2D eigenvalue weighted by molar-refractivity contribution is -0.417. The third-order valence-corrected chi connectivity index (χ3v) is 4.91. The van der Waals surface area contributed by atoms with Crippen LogP contribution in [-0.4, -0.2) is 48.2 Å². The van der Waals surface area contributed by atoms with Crippen LogP contribution >= 0.6 is 33.2 Å². The van der Waals surface area contributed by atoms with Gasteiger partial charge in [-0.1, -0.05) is 0 Å². The van der Waals surface area contributed by atoms with Crippen molar-refractivity contribution < 1.29 is 57.1 Å². The van der Waals surface area contributed by atoms with Crippen molar-refractivity contribution in [3.63, 3.8) is 0 Å². The van der Waals surface area contributed by atoms with E-state index >= 15 is 0 Å². The zero-order valence-electron chi connectivity index (χ0n) is 10.9. The molecule has 0 aromatic carbocycles. The highest BCUT2D eigenvalue weighted by molar-refractivity contribution is 7.64. The van der Waals surface area contributed by atoms with Crippen LogP contribution in [0.5, 0.6) is 0 Å². The molecular formula is C8H4Cl3F13Si. The van der Waals surface area contributed by atoms with Gasteiger partial charge in [-0.2, -0.15) is 43.9 Å². The summed E-state index contributed by atoms with van der Waals surface area (Å²) in [6.07, 6.45) is -10.1. The average molecular weight is 482 g/mol. The Morgan fingerprint density at radius 3 is 1.20 bits per heavy atom. The Hall–Kier alpha value is 0.177. The van der Waals surface area contributed by atoms with Gasteiger partial charge in [0.05, 0.1) is 0 Å². The van der Waals surface area contributed by atoms with Crippen LogP contribution in [0.15, 0.2) is 0 Å². The summed E-state index contributed by atoms with van der Waals surface area (Å²) >= 11 is 14.7. The Bertz CT molecular complexity index is 474. The summed E-state index contributed by atoms with van der Waals surface area (Å²) in [5, 5.41) is 0. The molecule has 0 aliphatic rings. The van der Waals surface area contributed by atoms with E-state index in [0.29, 0.717) is 0 Å². The molecule has 0 spiro atoms. The van der Waals surface area contributed by atoms with Gasteiger partial charge in [0.25, 0.3) is 0 Å². The maximum atomic E-state index is 13.2. The summed E-state index contributed by atoms with van der Waals surface area (Å²) in [5.74, 6) is -37.0.